The lowest BCUT2D eigenvalue weighted by Crippen LogP contribution is -2.28. The number of nitrogens with zero attached hydrogens (tertiary/aromatic N) is 1. The Bertz CT molecular complexity index is 438. The number of carbonyl (C=O) groups excluding carboxylic acids is 1. The summed E-state index contributed by atoms with van der Waals surface area (Å²) in [5, 5.41) is 0. The summed E-state index contributed by atoms with van der Waals surface area (Å²) in [6.45, 7) is 1.11. The Hall–Kier alpha value is -1.63. The molecule has 6 nitrogen and oxygen atoms in total. The average Bonchev–Trinajstić information content (AvgIpc) is 2.02. The number of anilines is 1. The van der Waals surface area contributed by atoms with Gasteiger partial charge in [0.1, 0.15) is 10.7 Å². The number of amides is 1. The monoisotopic (exact) mass is 215 g/mol. The first-order valence-electron chi connectivity index (χ1n) is 3.67. The lowest BCUT2D eigenvalue weighted by Gasteiger charge is -2.03. The molecule has 0 saturated heterocycles. The van der Waals surface area contributed by atoms with Gasteiger partial charge in [0.2, 0.25) is 5.91 Å². The number of nitrogens with two attached hydrogens (primary N) is 1. The summed E-state index contributed by atoms with van der Waals surface area (Å²) in [7, 11) is -3.79. The summed E-state index contributed by atoms with van der Waals surface area (Å²) in [4.78, 5) is 14.1. The van der Waals surface area contributed by atoms with Gasteiger partial charge in [-0.3, -0.25) is 4.79 Å². The number of nitrogen functional groups attached to an aromatic ring is 1. The maximum Gasteiger partial charge on any atom is 0.265 e. The fourth-order valence-corrected chi connectivity index (χ4v) is 1.73. The van der Waals surface area contributed by atoms with Gasteiger partial charge >= 0.3 is 0 Å². The minimum atomic E-state index is -3.79. The van der Waals surface area contributed by atoms with Crippen molar-refractivity contribution >= 4 is 21.7 Å². The van der Waals surface area contributed by atoms with Crippen LogP contribution in [0.2, 0.25) is 0 Å². The normalized spacial score (nSPS) is 10.9. The molecule has 0 radical (unpaired) electrons. The van der Waals surface area contributed by atoms with Crippen molar-refractivity contribution in [2.24, 2.45) is 0 Å². The molecular formula is C7H9N3O3S. The van der Waals surface area contributed by atoms with E-state index in [0.717, 1.165) is 13.1 Å². The van der Waals surface area contributed by atoms with E-state index in [2.05, 4.69) is 4.98 Å². The molecule has 0 aromatic carbocycles. The molecule has 0 unspecified atom stereocenters. The van der Waals surface area contributed by atoms with Crippen LogP contribution in [-0.4, -0.2) is 19.3 Å². The average molecular weight is 215 g/mol. The van der Waals surface area contributed by atoms with Gasteiger partial charge in [-0.1, -0.05) is 0 Å². The number of carbonyl (C=O) groups is 1. The molecule has 0 atom stereocenters. The third-order valence-corrected chi connectivity index (χ3v) is 2.77. The Morgan fingerprint density at radius 2 is 2.14 bits per heavy atom. The van der Waals surface area contributed by atoms with Gasteiger partial charge in [0.05, 0.1) is 0 Å². The fraction of sp³-hybridized carbons (Fsp3) is 0.143. The smallest absolute Gasteiger partial charge is 0.265 e. The number of hydrogen-bond acceptors (Lipinski definition) is 5. The van der Waals surface area contributed by atoms with Crippen LogP contribution in [0.3, 0.4) is 0 Å². The highest BCUT2D eigenvalue weighted by atomic mass is 32.2. The molecule has 0 spiro atoms. The summed E-state index contributed by atoms with van der Waals surface area (Å²) >= 11 is 0. The van der Waals surface area contributed by atoms with Gasteiger partial charge in [-0.15, -0.1) is 0 Å². The van der Waals surface area contributed by atoms with E-state index in [0.29, 0.717) is 0 Å². The SMILES string of the molecule is CC(=O)NS(=O)(=O)c1ccc(N)nc1. The topological polar surface area (TPSA) is 102 Å². The van der Waals surface area contributed by atoms with Crippen LogP contribution in [0.1, 0.15) is 6.92 Å². The molecule has 0 aliphatic heterocycles. The van der Waals surface area contributed by atoms with E-state index in [-0.39, 0.29) is 10.7 Å². The zero-order valence-electron chi connectivity index (χ0n) is 7.39. The molecule has 14 heavy (non-hydrogen) atoms. The predicted molar refractivity (Wildman–Crippen MR) is 49.7 cm³/mol. The molecule has 0 fully saturated rings. The van der Waals surface area contributed by atoms with Crippen LogP contribution in [0.5, 0.6) is 0 Å². The summed E-state index contributed by atoms with van der Waals surface area (Å²) < 4.78 is 24.5. The highest BCUT2D eigenvalue weighted by Gasteiger charge is 2.15. The number of rotatable bonds is 2. The van der Waals surface area contributed by atoms with Crippen LogP contribution < -0.4 is 10.5 Å². The van der Waals surface area contributed by atoms with E-state index in [1.54, 1.807) is 0 Å². The Morgan fingerprint density at radius 3 is 2.57 bits per heavy atom. The minimum Gasteiger partial charge on any atom is -0.384 e. The standard InChI is InChI=1S/C7H9N3O3S/c1-5(11)10-14(12,13)6-2-3-7(8)9-4-6/h2-4H,1H3,(H2,8,9)(H,10,11). The Labute approximate surface area is 81.2 Å². The Morgan fingerprint density at radius 1 is 1.50 bits per heavy atom. The van der Waals surface area contributed by atoms with Crippen molar-refractivity contribution in [3.63, 3.8) is 0 Å². The highest BCUT2D eigenvalue weighted by Crippen LogP contribution is 2.07. The first-order valence-corrected chi connectivity index (χ1v) is 5.15. The summed E-state index contributed by atoms with van der Waals surface area (Å²) in [5.41, 5.74) is 5.28. The molecule has 1 rings (SSSR count). The number of nitrogens with one attached hydrogen (secondary N) is 1. The van der Waals surface area contributed by atoms with Crippen molar-refractivity contribution in [3.05, 3.63) is 18.3 Å². The van der Waals surface area contributed by atoms with Gasteiger partial charge in [0.25, 0.3) is 10.0 Å². The summed E-state index contributed by atoms with van der Waals surface area (Å²) in [6, 6.07) is 2.61. The first-order chi connectivity index (χ1) is 6.42. The quantitative estimate of drug-likeness (QED) is 0.691. The van der Waals surface area contributed by atoms with Gasteiger partial charge in [0.15, 0.2) is 0 Å². The maximum absolute atomic E-state index is 11.3. The van der Waals surface area contributed by atoms with E-state index >= 15 is 0 Å². The van der Waals surface area contributed by atoms with Crippen LogP contribution in [0.15, 0.2) is 23.2 Å². The number of hydrogen-bond donors (Lipinski definition) is 2. The molecule has 76 valence electrons. The molecule has 1 aromatic rings. The van der Waals surface area contributed by atoms with E-state index in [1.165, 1.54) is 12.1 Å². The van der Waals surface area contributed by atoms with E-state index < -0.39 is 15.9 Å². The number of aromatic nitrogens is 1. The van der Waals surface area contributed by atoms with Crippen LogP contribution >= 0.6 is 0 Å². The van der Waals surface area contributed by atoms with Crippen LogP contribution in [0, 0.1) is 0 Å². The second kappa shape index (κ2) is 3.62. The van der Waals surface area contributed by atoms with Crippen molar-refractivity contribution in [1.29, 1.82) is 0 Å². The van der Waals surface area contributed by atoms with Crippen LogP contribution in [0.25, 0.3) is 0 Å². The van der Waals surface area contributed by atoms with Gasteiger partial charge in [-0.25, -0.2) is 18.1 Å². The van der Waals surface area contributed by atoms with Crippen molar-refractivity contribution in [1.82, 2.24) is 9.71 Å². The summed E-state index contributed by atoms with van der Waals surface area (Å²) in [5.74, 6) is -0.436. The Kier molecular flexibility index (Phi) is 2.70. The first kappa shape index (κ1) is 10.5. The molecule has 3 N–H and O–H groups in total. The van der Waals surface area contributed by atoms with Crippen molar-refractivity contribution in [2.45, 2.75) is 11.8 Å². The lowest BCUT2D eigenvalue weighted by atomic mass is 10.5. The largest absolute Gasteiger partial charge is 0.384 e. The van der Waals surface area contributed by atoms with E-state index in [4.69, 9.17) is 5.73 Å². The second-order valence-corrected chi connectivity index (χ2v) is 4.26. The third kappa shape index (κ3) is 2.43. The van der Waals surface area contributed by atoms with Gasteiger partial charge in [0, 0.05) is 13.1 Å². The lowest BCUT2D eigenvalue weighted by molar-refractivity contribution is -0.117. The number of pyridine rings is 1. The maximum atomic E-state index is 11.3. The molecule has 0 bridgehead atoms. The Balaban J connectivity index is 3.05. The predicted octanol–water partition coefficient (Wildman–Crippen LogP) is -0.511. The van der Waals surface area contributed by atoms with E-state index in [9.17, 15) is 13.2 Å². The van der Waals surface area contributed by atoms with Crippen molar-refractivity contribution in [3.8, 4) is 0 Å². The molecular weight excluding hydrogens is 206 g/mol. The second-order valence-electron chi connectivity index (χ2n) is 2.58. The molecule has 7 heteroatoms. The van der Waals surface area contributed by atoms with Gasteiger partial charge in [-0.2, -0.15) is 0 Å². The minimum absolute atomic E-state index is 0.0955. The van der Waals surface area contributed by atoms with Gasteiger partial charge in [-0.05, 0) is 12.1 Å². The summed E-state index contributed by atoms with van der Waals surface area (Å²) in [6.07, 6.45) is 1.08. The number of sulfonamides is 1. The van der Waals surface area contributed by atoms with Crippen LogP contribution in [-0.2, 0) is 14.8 Å². The zero-order chi connectivity index (χ0) is 10.8. The molecule has 0 saturated carbocycles. The molecule has 1 heterocycles. The van der Waals surface area contributed by atoms with Gasteiger partial charge < -0.3 is 5.73 Å². The van der Waals surface area contributed by atoms with Crippen LogP contribution in [0.4, 0.5) is 5.82 Å². The highest BCUT2D eigenvalue weighted by molar-refractivity contribution is 7.90. The third-order valence-electron chi connectivity index (χ3n) is 1.35. The molecule has 0 aliphatic rings. The van der Waals surface area contributed by atoms with Crippen molar-refractivity contribution < 1.29 is 13.2 Å². The van der Waals surface area contributed by atoms with Crippen molar-refractivity contribution in [2.75, 3.05) is 5.73 Å². The fourth-order valence-electron chi connectivity index (χ4n) is 0.799. The molecule has 1 aromatic heterocycles. The van der Waals surface area contributed by atoms with E-state index in [1.807, 2.05) is 4.72 Å². The zero-order valence-corrected chi connectivity index (χ0v) is 8.21. The molecule has 1 amide bonds. The molecule has 0 aliphatic carbocycles.